The molecule has 0 aromatic heterocycles. The van der Waals surface area contributed by atoms with E-state index in [-0.39, 0.29) is 6.10 Å². The Morgan fingerprint density at radius 1 is 1.41 bits per heavy atom. The van der Waals surface area contributed by atoms with Crippen molar-refractivity contribution >= 4 is 11.6 Å². The number of hydrogen-bond acceptors (Lipinski definition) is 2. The maximum atomic E-state index is 6.06. The Labute approximate surface area is 107 Å². The fourth-order valence-electron chi connectivity index (χ4n) is 2.88. The normalized spacial score (nSPS) is 36.1. The van der Waals surface area contributed by atoms with Crippen molar-refractivity contribution in [2.24, 2.45) is 0 Å². The number of benzene rings is 1. The van der Waals surface area contributed by atoms with Crippen LogP contribution in [0.3, 0.4) is 0 Å². The largest absolute Gasteiger partial charge is 0.343 e. The van der Waals surface area contributed by atoms with Crippen molar-refractivity contribution in [3.63, 3.8) is 0 Å². The molecule has 3 atom stereocenters. The highest BCUT2D eigenvalue weighted by Gasteiger charge is 2.46. The van der Waals surface area contributed by atoms with Crippen LogP contribution in [0.1, 0.15) is 36.8 Å². The molecule has 0 N–H and O–H groups in total. The number of halogens is 1. The number of ether oxygens (including phenoxy) is 2. The first-order valence-corrected chi connectivity index (χ1v) is 6.76. The summed E-state index contributed by atoms with van der Waals surface area (Å²) in [7, 11) is 0. The minimum Gasteiger partial charge on any atom is -0.343 e. The van der Waals surface area contributed by atoms with Gasteiger partial charge in [-0.3, -0.25) is 0 Å². The predicted octanol–water partition coefficient (Wildman–Crippen LogP) is 3.39. The van der Waals surface area contributed by atoms with E-state index in [1.54, 1.807) is 0 Å². The van der Waals surface area contributed by atoms with E-state index in [1.165, 1.54) is 11.1 Å². The second-order valence-corrected chi connectivity index (χ2v) is 5.29. The van der Waals surface area contributed by atoms with Gasteiger partial charge in [-0.05, 0) is 17.9 Å². The molecule has 0 saturated carbocycles. The molecule has 1 saturated heterocycles. The molecule has 0 bridgehead atoms. The highest BCUT2D eigenvalue weighted by atomic mass is 35.5. The molecule has 1 aromatic carbocycles. The lowest BCUT2D eigenvalue weighted by Crippen LogP contribution is -2.33. The van der Waals surface area contributed by atoms with Crippen molar-refractivity contribution in [3.8, 4) is 0 Å². The maximum absolute atomic E-state index is 6.06. The summed E-state index contributed by atoms with van der Waals surface area (Å²) in [6, 6.07) is 8.45. The summed E-state index contributed by atoms with van der Waals surface area (Å²) in [5.74, 6) is 0.557. The molecule has 0 amide bonds. The topological polar surface area (TPSA) is 18.5 Å². The van der Waals surface area contributed by atoms with Crippen molar-refractivity contribution in [2.45, 2.75) is 37.6 Å². The average molecular weight is 253 g/mol. The molecular weight excluding hydrogens is 236 g/mol. The van der Waals surface area contributed by atoms with Gasteiger partial charge in [-0.25, -0.2) is 0 Å². The summed E-state index contributed by atoms with van der Waals surface area (Å²) < 4.78 is 12.0. The monoisotopic (exact) mass is 252 g/mol. The van der Waals surface area contributed by atoms with Gasteiger partial charge in [-0.1, -0.05) is 31.2 Å². The van der Waals surface area contributed by atoms with Gasteiger partial charge < -0.3 is 9.47 Å². The molecule has 1 fully saturated rings. The molecule has 1 spiro atoms. The van der Waals surface area contributed by atoms with Crippen LogP contribution in [0.25, 0.3) is 0 Å². The molecule has 3 heteroatoms. The van der Waals surface area contributed by atoms with Crippen LogP contribution in [-0.2, 0) is 15.3 Å². The Kier molecular flexibility index (Phi) is 2.89. The van der Waals surface area contributed by atoms with E-state index < -0.39 is 5.79 Å². The van der Waals surface area contributed by atoms with Crippen molar-refractivity contribution in [1.82, 2.24) is 0 Å². The Morgan fingerprint density at radius 3 is 3.00 bits per heavy atom. The second-order valence-electron chi connectivity index (χ2n) is 4.99. The van der Waals surface area contributed by atoms with E-state index in [9.17, 15) is 0 Å². The van der Waals surface area contributed by atoms with Gasteiger partial charge in [0.1, 0.15) is 0 Å². The van der Waals surface area contributed by atoms with Crippen LogP contribution in [-0.4, -0.2) is 18.6 Å². The van der Waals surface area contributed by atoms with Gasteiger partial charge in [-0.2, -0.15) is 0 Å². The molecule has 3 unspecified atom stereocenters. The van der Waals surface area contributed by atoms with Gasteiger partial charge in [0.25, 0.3) is 0 Å². The number of rotatable bonds is 1. The van der Waals surface area contributed by atoms with Crippen LogP contribution in [0, 0.1) is 0 Å². The smallest absolute Gasteiger partial charge is 0.195 e. The second kappa shape index (κ2) is 4.27. The molecule has 3 rings (SSSR count). The summed E-state index contributed by atoms with van der Waals surface area (Å²) >= 11 is 5.86. The lowest BCUT2D eigenvalue weighted by atomic mass is 9.80. The van der Waals surface area contributed by atoms with E-state index >= 15 is 0 Å². The average Bonchev–Trinajstić information content (AvgIpc) is 2.79. The summed E-state index contributed by atoms with van der Waals surface area (Å²) in [5, 5.41) is 0. The zero-order valence-electron chi connectivity index (χ0n) is 9.99. The van der Waals surface area contributed by atoms with Crippen molar-refractivity contribution in [1.29, 1.82) is 0 Å². The van der Waals surface area contributed by atoms with E-state index in [4.69, 9.17) is 21.1 Å². The van der Waals surface area contributed by atoms with Crippen LogP contribution in [0.4, 0.5) is 0 Å². The molecule has 92 valence electrons. The highest BCUT2D eigenvalue weighted by molar-refractivity contribution is 6.18. The molecule has 1 aliphatic heterocycles. The zero-order chi connectivity index (χ0) is 11.9. The maximum Gasteiger partial charge on any atom is 0.195 e. The molecule has 2 nitrogen and oxygen atoms in total. The Hall–Kier alpha value is -0.570. The van der Waals surface area contributed by atoms with Crippen LogP contribution in [0.2, 0.25) is 0 Å². The first kappa shape index (κ1) is 11.5. The fraction of sp³-hybridized carbons (Fsp3) is 0.571. The zero-order valence-corrected chi connectivity index (χ0v) is 10.7. The summed E-state index contributed by atoms with van der Waals surface area (Å²) in [6.45, 7) is 2.87. The molecule has 1 aromatic rings. The fourth-order valence-corrected chi connectivity index (χ4v) is 3.04. The first-order valence-electron chi connectivity index (χ1n) is 6.22. The van der Waals surface area contributed by atoms with Crippen LogP contribution >= 0.6 is 11.6 Å². The quantitative estimate of drug-likeness (QED) is 0.714. The molecular formula is C14H17ClO2. The Bertz CT molecular complexity index is 420. The van der Waals surface area contributed by atoms with Gasteiger partial charge in [0, 0.05) is 12.0 Å². The van der Waals surface area contributed by atoms with E-state index in [2.05, 4.69) is 31.2 Å². The third-order valence-corrected chi connectivity index (χ3v) is 4.18. The predicted molar refractivity (Wildman–Crippen MR) is 67.3 cm³/mol. The lowest BCUT2D eigenvalue weighted by molar-refractivity contribution is -0.185. The Morgan fingerprint density at radius 2 is 2.24 bits per heavy atom. The Balaban J connectivity index is 2.01. The van der Waals surface area contributed by atoms with Crippen molar-refractivity contribution < 1.29 is 9.47 Å². The summed E-state index contributed by atoms with van der Waals surface area (Å²) in [5.41, 5.74) is 2.56. The van der Waals surface area contributed by atoms with Gasteiger partial charge in [0.15, 0.2) is 5.79 Å². The number of alkyl halides is 1. The van der Waals surface area contributed by atoms with Gasteiger partial charge in [-0.15, -0.1) is 11.6 Å². The number of hydrogen-bond donors (Lipinski definition) is 0. The molecule has 2 aliphatic rings. The molecule has 1 heterocycles. The standard InChI is InChI=1S/C14H17ClO2/c1-10-6-7-14(16-9-11(8-15)17-14)13-5-3-2-4-12(10)13/h2-5,10-11H,6-9H2,1H3. The third-order valence-electron chi connectivity index (χ3n) is 3.84. The minimum absolute atomic E-state index is 0.0260. The molecule has 0 radical (unpaired) electrons. The molecule has 17 heavy (non-hydrogen) atoms. The SMILES string of the molecule is CC1CCC2(OCC(CCl)O2)c2ccccc21. The van der Waals surface area contributed by atoms with Gasteiger partial charge >= 0.3 is 0 Å². The van der Waals surface area contributed by atoms with E-state index in [0.29, 0.717) is 18.4 Å². The lowest BCUT2D eigenvalue weighted by Gasteiger charge is -2.36. The summed E-state index contributed by atoms with van der Waals surface area (Å²) in [6.07, 6.45) is 2.06. The van der Waals surface area contributed by atoms with Gasteiger partial charge in [0.2, 0.25) is 0 Å². The minimum atomic E-state index is -0.525. The highest BCUT2D eigenvalue weighted by Crippen LogP contribution is 2.47. The van der Waals surface area contributed by atoms with Crippen molar-refractivity contribution in [3.05, 3.63) is 35.4 Å². The summed E-state index contributed by atoms with van der Waals surface area (Å²) in [4.78, 5) is 0. The van der Waals surface area contributed by atoms with Crippen LogP contribution < -0.4 is 0 Å². The van der Waals surface area contributed by atoms with E-state index in [0.717, 1.165) is 12.8 Å². The van der Waals surface area contributed by atoms with E-state index in [1.807, 2.05) is 0 Å². The first-order chi connectivity index (χ1) is 8.25. The van der Waals surface area contributed by atoms with Crippen LogP contribution in [0.5, 0.6) is 0 Å². The molecule has 1 aliphatic carbocycles. The van der Waals surface area contributed by atoms with Gasteiger partial charge in [0.05, 0.1) is 18.6 Å². The van der Waals surface area contributed by atoms with Crippen LogP contribution in [0.15, 0.2) is 24.3 Å². The number of fused-ring (bicyclic) bond motifs is 2. The third kappa shape index (κ3) is 1.79. The van der Waals surface area contributed by atoms with Crippen molar-refractivity contribution in [2.75, 3.05) is 12.5 Å².